The van der Waals surface area contributed by atoms with Crippen LogP contribution in [0.4, 0.5) is 0 Å². The van der Waals surface area contributed by atoms with Crippen LogP contribution in [-0.4, -0.2) is 5.11 Å². The standard InChI is InChI=1S/C18H10O/c19-15-9-13-7-6-11-5-4-10-2-1-3-12-8-14(15)17(13)18(11)16(10)12/h1-9,19H. The lowest BCUT2D eigenvalue weighted by molar-refractivity contribution is 0.517. The number of aliphatic hydroxyl groups is 1. The Hall–Kier alpha value is -2.54. The molecule has 1 N–H and O–H groups in total. The smallest absolute Gasteiger partial charge is 0.124 e. The normalized spacial score (nSPS) is 13.8. The molecule has 0 saturated heterocycles. The number of hydrogen-bond acceptors (Lipinski definition) is 1. The van der Waals surface area contributed by atoms with E-state index in [-0.39, 0.29) is 0 Å². The van der Waals surface area contributed by atoms with Crippen molar-refractivity contribution in [3.05, 3.63) is 59.7 Å². The minimum atomic E-state index is 0.383. The predicted molar refractivity (Wildman–Crippen MR) is 80.6 cm³/mol. The summed E-state index contributed by atoms with van der Waals surface area (Å²) >= 11 is 0. The van der Waals surface area contributed by atoms with Crippen LogP contribution in [0.2, 0.25) is 0 Å². The number of aliphatic hydroxyl groups excluding tert-OH is 1. The quantitative estimate of drug-likeness (QED) is 0.432. The fourth-order valence-electron chi connectivity index (χ4n) is 3.42. The molecular weight excluding hydrogens is 232 g/mol. The molecule has 0 aliphatic heterocycles. The van der Waals surface area contributed by atoms with Crippen molar-refractivity contribution in [2.75, 3.05) is 0 Å². The van der Waals surface area contributed by atoms with Crippen LogP contribution in [0.25, 0.3) is 44.2 Å². The van der Waals surface area contributed by atoms with Gasteiger partial charge in [-0.15, -0.1) is 0 Å². The SMILES string of the molecule is OC1=Cc2ccc3ccc4cccc5cc1c2c3c45. The second-order valence-electron chi connectivity index (χ2n) is 5.23. The van der Waals surface area contributed by atoms with Crippen molar-refractivity contribution >= 4 is 44.2 Å². The monoisotopic (exact) mass is 242 g/mol. The summed E-state index contributed by atoms with van der Waals surface area (Å²) in [5, 5.41) is 17.6. The highest BCUT2D eigenvalue weighted by Crippen LogP contribution is 2.43. The molecule has 0 bridgehead atoms. The summed E-state index contributed by atoms with van der Waals surface area (Å²) in [6.07, 6.45) is 1.87. The van der Waals surface area contributed by atoms with Gasteiger partial charge in [0.1, 0.15) is 5.76 Å². The Bertz CT molecular complexity index is 1010. The minimum Gasteiger partial charge on any atom is -0.507 e. The van der Waals surface area contributed by atoms with E-state index in [4.69, 9.17) is 0 Å². The van der Waals surface area contributed by atoms with Gasteiger partial charge in [0, 0.05) is 10.9 Å². The summed E-state index contributed by atoms with van der Waals surface area (Å²) in [5.74, 6) is 0.383. The second-order valence-corrected chi connectivity index (χ2v) is 5.23. The van der Waals surface area contributed by atoms with Gasteiger partial charge in [-0.3, -0.25) is 0 Å². The molecular formula is C18H10O. The van der Waals surface area contributed by atoms with Crippen LogP contribution in [0.5, 0.6) is 0 Å². The Morgan fingerprint density at radius 1 is 0.684 bits per heavy atom. The van der Waals surface area contributed by atoms with E-state index in [2.05, 4.69) is 48.5 Å². The molecule has 1 aliphatic carbocycles. The van der Waals surface area contributed by atoms with Crippen LogP contribution in [0.3, 0.4) is 0 Å². The maximum Gasteiger partial charge on any atom is 0.124 e. The van der Waals surface area contributed by atoms with Crippen molar-refractivity contribution < 1.29 is 5.11 Å². The molecule has 4 aromatic carbocycles. The van der Waals surface area contributed by atoms with E-state index in [1.165, 1.54) is 32.3 Å². The molecule has 1 heteroatoms. The Kier molecular flexibility index (Phi) is 1.43. The molecule has 88 valence electrons. The Balaban J connectivity index is 2.25. The summed E-state index contributed by atoms with van der Waals surface area (Å²) in [6.45, 7) is 0. The van der Waals surface area contributed by atoms with Crippen LogP contribution < -0.4 is 0 Å². The van der Waals surface area contributed by atoms with Gasteiger partial charge in [-0.2, -0.15) is 0 Å². The molecule has 5 rings (SSSR count). The summed E-state index contributed by atoms with van der Waals surface area (Å²) in [5.41, 5.74) is 2.09. The Labute approximate surface area is 109 Å². The zero-order valence-corrected chi connectivity index (χ0v) is 10.1. The largest absolute Gasteiger partial charge is 0.507 e. The van der Waals surface area contributed by atoms with Crippen molar-refractivity contribution in [2.45, 2.75) is 0 Å². The zero-order chi connectivity index (χ0) is 12.6. The lowest BCUT2D eigenvalue weighted by Gasteiger charge is -2.12. The number of rotatable bonds is 0. The third kappa shape index (κ3) is 0.980. The highest BCUT2D eigenvalue weighted by molar-refractivity contribution is 6.28. The lowest BCUT2D eigenvalue weighted by atomic mass is 9.91. The minimum absolute atomic E-state index is 0.383. The second kappa shape index (κ2) is 2.89. The maximum atomic E-state index is 10.1. The molecule has 0 unspecified atom stereocenters. The molecule has 0 atom stereocenters. The van der Waals surface area contributed by atoms with E-state index in [0.29, 0.717) is 5.76 Å². The molecule has 0 heterocycles. The van der Waals surface area contributed by atoms with Crippen LogP contribution in [0.15, 0.2) is 48.5 Å². The van der Waals surface area contributed by atoms with Crippen LogP contribution in [0.1, 0.15) is 11.1 Å². The van der Waals surface area contributed by atoms with E-state index in [1.807, 2.05) is 6.08 Å². The fourth-order valence-corrected chi connectivity index (χ4v) is 3.42. The van der Waals surface area contributed by atoms with Crippen molar-refractivity contribution in [2.24, 2.45) is 0 Å². The molecule has 0 amide bonds. The maximum absolute atomic E-state index is 10.1. The van der Waals surface area contributed by atoms with Crippen LogP contribution in [0, 0.1) is 0 Å². The summed E-state index contributed by atoms with van der Waals surface area (Å²) in [6, 6.07) is 17.0. The van der Waals surface area contributed by atoms with E-state index in [9.17, 15) is 5.11 Å². The average Bonchev–Trinajstić information content (AvgIpc) is 2.76. The molecule has 19 heavy (non-hydrogen) atoms. The van der Waals surface area contributed by atoms with Gasteiger partial charge in [-0.05, 0) is 44.6 Å². The molecule has 0 fully saturated rings. The highest BCUT2D eigenvalue weighted by atomic mass is 16.3. The van der Waals surface area contributed by atoms with E-state index >= 15 is 0 Å². The third-order valence-corrected chi connectivity index (χ3v) is 4.23. The van der Waals surface area contributed by atoms with Gasteiger partial charge in [0.15, 0.2) is 0 Å². The first kappa shape index (κ1) is 9.40. The molecule has 1 nitrogen and oxygen atoms in total. The van der Waals surface area contributed by atoms with Crippen LogP contribution in [-0.2, 0) is 0 Å². The lowest BCUT2D eigenvalue weighted by Crippen LogP contribution is -1.87. The number of hydrogen-bond donors (Lipinski definition) is 1. The first-order chi connectivity index (χ1) is 9.33. The molecule has 0 spiro atoms. The summed E-state index contributed by atoms with van der Waals surface area (Å²) in [7, 11) is 0. The van der Waals surface area contributed by atoms with Gasteiger partial charge in [0.25, 0.3) is 0 Å². The highest BCUT2D eigenvalue weighted by Gasteiger charge is 2.20. The average molecular weight is 242 g/mol. The number of benzene rings is 4. The molecule has 4 aromatic rings. The van der Waals surface area contributed by atoms with Crippen molar-refractivity contribution in [3.8, 4) is 0 Å². The molecule has 0 saturated carbocycles. The van der Waals surface area contributed by atoms with Gasteiger partial charge in [0.05, 0.1) is 0 Å². The van der Waals surface area contributed by atoms with E-state index < -0.39 is 0 Å². The van der Waals surface area contributed by atoms with Crippen molar-refractivity contribution in [3.63, 3.8) is 0 Å². The molecule has 0 aromatic heterocycles. The first-order valence-electron chi connectivity index (χ1n) is 6.44. The Morgan fingerprint density at radius 2 is 1.42 bits per heavy atom. The zero-order valence-electron chi connectivity index (χ0n) is 10.1. The topological polar surface area (TPSA) is 20.2 Å². The Morgan fingerprint density at radius 3 is 2.32 bits per heavy atom. The van der Waals surface area contributed by atoms with E-state index in [0.717, 1.165) is 11.1 Å². The summed E-state index contributed by atoms with van der Waals surface area (Å²) in [4.78, 5) is 0. The van der Waals surface area contributed by atoms with E-state index in [1.54, 1.807) is 0 Å². The molecule has 0 radical (unpaired) electrons. The first-order valence-corrected chi connectivity index (χ1v) is 6.44. The van der Waals surface area contributed by atoms with Gasteiger partial charge in [-0.25, -0.2) is 0 Å². The van der Waals surface area contributed by atoms with Crippen molar-refractivity contribution in [1.82, 2.24) is 0 Å². The van der Waals surface area contributed by atoms with Gasteiger partial charge < -0.3 is 5.11 Å². The molecule has 1 aliphatic rings. The van der Waals surface area contributed by atoms with Crippen LogP contribution >= 0.6 is 0 Å². The third-order valence-electron chi connectivity index (χ3n) is 4.23. The predicted octanol–water partition coefficient (Wildman–Crippen LogP) is 4.95. The fraction of sp³-hybridized carbons (Fsp3) is 0. The summed E-state index contributed by atoms with van der Waals surface area (Å²) < 4.78 is 0. The van der Waals surface area contributed by atoms with Gasteiger partial charge in [-0.1, -0.05) is 42.5 Å². The van der Waals surface area contributed by atoms with Crippen molar-refractivity contribution in [1.29, 1.82) is 0 Å². The van der Waals surface area contributed by atoms with Gasteiger partial charge in [0.2, 0.25) is 0 Å². The van der Waals surface area contributed by atoms with Gasteiger partial charge >= 0.3 is 0 Å².